The Kier molecular flexibility index (Phi) is 4.34. The van der Waals surface area contributed by atoms with Gasteiger partial charge in [0.05, 0.1) is 11.9 Å². The van der Waals surface area contributed by atoms with E-state index in [4.69, 9.17) is 4.52 Å². The summed E-state index contributed by atoms with van der Waals surface area (Å²) in [5, 5.41) is 9.64. The fraction of sp³-hybridized carbons (Fsp3) is 0.357. The van der Waals surface area contributed by atoms with Crippen LogP contribution in [0.4, 0.5) is 17.3 Å². The van der Waals surface area contributed by atoms with Crippen LogP contribution in [0.25, 0.3) is 0 Å². The summed E-state index contributed by atoms with van der Waals surface area (Å²) in [6.07, 6.45) is 2.12. The van der Waals surface area contributed by atoms with Gasteiger partial charge in [0, 0.05) is 12.5 Å². The summed E-state index contributed by atoms with van der Waals surface area (Å²) < 4.78 is 4.96. The molecule has 0 saturated heterocycles. The lowest BCUT2D eigenvalue weighted by molar-refractivity contribution is -0.116. The van der Waals surface area contributed by atoms with Crippen molar-refractivity contribution in [1.82, 2.24) is 10.1 Å². The third-order valence-corrected chi connectivity index (χ3v) is 2.52. The molecule has 2 aromatic rings. The number of nitrogens with zero attached hydrogens (tertiary/aromatic N) is 2. The van der Waals surface area contributed by atoms with Crippen LogP contribution in [0.2, 0.25) is 0 Å². The van der Waals surface area contributed by atoms with E-state index < -0.39 is 0 Å². The van der Waals surface area contributed by atoms with Gasteiger partial charge in [0.15, 0.2) is 5.82 Å². The standard InChI is InChI=1S/C14H18N4O2/c1-9(2)6-14(19)17-12-5-4-11(8-15-12)16-13-7-10(3)20-18-13/h4-5,7-9H,6H2,1-3H3,(H,16,18)(H,15,17,19). The molecule has 106 valence electrons. The number of carbonyl (C=O) groups is 1. The monoisotopic (exact) mass is 274 g/mol. The number of hydrogen-bond acceptors (Lipinski definition) is 5. The molecule has 2 N–H and O–H groups in total. The smallest absolute Gasteiger partial charge is 0.225 e. The molecule has 0 fully saturated rings. The van der Waals surface area contributed by atoms with E-state index in [0.717, 1.165) is 11.4 Å². The van der Waals surface area contributed by atoms with Gasteiger partial charge >= 0.3 is 0 Å². The summed E-state index contributed by atoms with van der Waals surface area (Å²) in [7, 11) is 0. The van der Waals surface area contributed by atoms with E-state index in [0.29, 0.717) is 24.0 Å². The molecule has 0 atom stereocenters. The van der Waals surface area contributed by atoms with Crippen LogP contribution < -0.4 is 10.6 Å². The number of amides is 1. The number of anilines is 3. The van der Waals surface area contributed by atoms with E-state index in [1.807, 2.05) is 26.8 Å². The van der Waals surface area contributed by atoms with Crippen molar-refractivity contribution < 1.29 is 9.32 Å². The summed E-state index contributed by atoms with van der Waals surface area (Å²) in [4.78, 5) is 15.8. The predicted octanol–water partition coefficient (Wildman–Crippen LogP) is 3.11. The molecule has 20 heavy (non-hydrogen) atoms. The maximum atomic E-state index is 11.6. The van der Waals surface area contributed by atoms with E-state index in [-0.39, 0.29) is 5.91 Å². The molecule has 6 nitrogen and oxygen atoms in total. The Hall–Kier alpha value is -2.37. The van der Waals surface area contributed by atoms with Crippen molar-refractivity contribution in [3.05, 3.63) is 30.2 Å². The maximum absolute atomic E-state index is 11.6. The van der Waals surface area contributed by atoms with Crippen LogP contribution in [0.3, 0.4) is 0 Å². The van der Waals surface area contributed by atoms with Gasteiger partial charge in [-0.25, -0.2) is 4.98 Å². The Labute approximate surface area is 117 Å². The van der Waals surface area contributed by atoms with E-state index in [2.05, 4.69) is 20.8 Å². The minimum absolute atomic E-state index is 0.0275. The zero-order chi connectivity index (χ0) is 14.5. The third kappa shape index (κ3) is 4.08. The second-order valence-electron chi connectivity index (χ2n) is 5.03. The number of aromatic nitrogens is 2. The normalized spacial score (nSPS) is 10.6. The minimum atomic E-state index is -0.0275. The molecule has 1 amide bonds. The number of aryl methyl sites for hydroxylation is 1. The van der Waals surface area contributed by atoms with Crippen molar-refractivity contribution in [3.63, 3.8) is 0 Å². The first-order chi connectivity index (χ1) is 9.52. The molecule has 0 unspecified atom stereocenters. The van der Waals surface area contributed by atoms with Crippen molar-refractivity contribution in [3.8, 4) is 0 Å². The van der Waals surface area contributed by atoms with Crippen molar-refractivity contribution in [2.24, 2.45) is 5.92 Å². The highest BCUT2D eigenvalue weighted by Crippen LogP contribution is 2.16. The summed E-state index contributed by atoms with van der Waals surface area (Å²) >= 11 is 0. The fourth-order valence-corrected chi connectivity index (χ4v) is 1.68. The highest BCUT2D eigenvalue weighted by Gasteiger charge is 2.06. The molecule has 2 heterocycles. The van der Waals surface area contributed by atoms with Crippen molar-refractivity contribution in [2.45, 2.75) is 27.2 Å². The summed E-state index contributed by atoms with van der Waals surface area (Å²) in [5.41, 5.74) is 0.778. The first-order valence-electron chi connectivity index (χ1n) is 6.49. The van der Waals surface area contributed by atoms with Gasteiger partial charge < -0.3 is 15.2 Å². The summed E-state index contributed by atoms with van der Waals surface area (Å²) in [6.45, 7) is 5.82. The topological polar surface area (TPSA) is 80.0 Å². The largest absolute Gasteiger partial charge is 0.360 e. The molecular weight excluding hydrogens is 256 g/mol. The molecule has 0 saturated carbocycles. The van der Waals surface area contributed by atoms with Crippen LogP contribution in [-0.2, 0) is 4.79 Å². The van der Waals surface area contributed by atoms with Crippen molar-refractivity contribution in [1.29, 1.82) is 0 Å². The molecule has 0 radical (unpaired) electrons. The predicted molar refractivity (Wildman–Crippen MR) is 76.8 cm³/mol. The van der Waals surface area contributed by atoms with Gasteiger partial charge in [0.25, 0.3) is 0 Å². The first-order valence-corrected chi connectivity index (χ1v) is 6.49. The average Bonchev–Trinajstić information content (AvgIpc) is 2.76. The maximum Gasteiger partial charge on any atom is 0.225 e. The summed E-state index contributed by atoms with van der Waals surface area (Å²) in [5.74, 6) is 2.20. The molecule has 0 aliphatic heterocycles. The third-order valence-electron chi connectivity index (χ3n) is 2.52. The number of hydrogen-bond donors (Lipinski definition) is 2. The van der Waals surface area contributed by atoms with Crippen molar-refractivity contribution in [2.75, 3.05) is 10.6 Å². The van der Waals surface area contributed by atoms with Gasteiger partial charge in [-0.15, -0.1) is 0 Å². The fourth-order valence-electron chi connectivity index (χ4n) is 1.68. The SMILES string of the molecule is Cc1cc(Nc2ccc(NC(=O)CC(C)C)nc2)no1. The summed E-state index contributed by atoms with van der Waals surface area (Å²) in [6, 6.07) is 5.35. The van der Waals surface area contributed by atoms with Gasteiger partial charge in [-0.05, 0) is 25.0 Å². The highest BCUT2D eigenvalue weighted by molar-refractivity contribution is 5.89. The van der Waals surface area contributed by atoms with Gasteiger partial charge in [0.1, 0.15) is 11.6 Å². The van der Waals surface area contributed by atoms with Gasteiger partial charge in [0.2, 0.25) is 5.91 Å². The van der Waals surface area contributed by atoms with Crippen molar-refractivity contribution >= 4 is 23.2 Å². The second kappa shape index (κ2) is 6.18. The number of pyridine rings is 1. The van der Waals surface area contributed by atoms with E-state index in [1.54, 1.807) is 18.3 Å². The van der Waals surface area contributed by atoms with Crippen LogP contribution in [-0.4, -0.2) is 16.0 Å². The Balaban J connectivity index is 1.94. The number of rotatable bonds is 5. The molecular formula is C14H18N4O2. The lowest BCUT2D eigenvalue weighted by Gasteiger charge is -2.07. The lowest BCUT2D eigenvalue weighted by Crippen LogP contribution is -2.14. The highest BCUT2D eigenvalue weighted by atomic mass is 16.5. The van der Waals surface area contributed by atoms with E-state index in [1.165, 1.54) is 0 Å². The first kappa shape index (κ1) is 14.0. The zero-order valence-corrected chi connectivity index (χ0v) is 11.8. The molecule has 0 aromatic carbocycles. The van der Waals surface area contributed by atoms with E-state index in [9.17, 15) is 4.79 Å². The van der Waals surface area contributed by atoms with Gasteiger partial charge in [-0.3, -0.25) is 4.79 Å². The van der Waals surface area contributed by atoms with Crippen LogP contribution >= 0.6 is 0 Å². The second-order valence-corrected chi connectivity index (χ2v) is 5.03. The van der Waals surface area contributed by atoms with Crippen LogP contribution in [0.1, 0.15) is 26.0 Å². The van der Waals surface area contributed by atoms with Gasteiger partial charge in [-0.1, -0.05) is 19.0 Å². The quantitative estimate of drug-likeness (QED) is 0.875. The molecule has 2 rings (SSSR count). The van der Waals surface area contributed by atoms with E-state index >= 15 is 0 Å². The molecule has 0 aliphatic rings. The number of nitrogens with one attached hydrogen (secondary N) is 2. The average molecular weight is 274 g/mol. The Bertz CT molecular complexity index is 575. The molecule has 0 bridgehead atoms. The Morgan fingerprint density at radius 3 is 2.70 bits per heavy atom. The van der Waals surface area contributed by atoms with Crippen LogP contribution in [0.15, 0.2) is 28.9 Å². The molecule has 6 heteroatoms. The molecule has 0 spiro atoms. The number of carbonyl (C=O) groups excluding carboxylic acids is 1. The lowest BCUT2D eigenvalue weighted by atomic mass is 10.1. The zero-order valence-electron chi connectivity index (χ0n) is 11.8. The minimum Gasteiger partial charge on any atom is -0.360 e. The van der Waals surface area contributed by atoms with Gasteiger partial charge in [-0.2, -0.15) is 0 Å². The van der Waals surface area contributed by atoms with Crippen LogP contribution in [0, 0.1) is 12.8 Å². The van der Waals surface area contributed by atoms with Crippen LogP contribution in [0.5, 0.6) is 0 Å². The Morgan fingerprint density at radius 1 is 1.35 bits per heavy atom. The molecule has 2 aromatic heterocycles. The Morgan fingerprint density at radius 2 is 2.15 bits per heavy atom. The molecule has 0 aliphatic carbocycles.